The summed E-state index contributed by atoms with van der Waals surface area (Å²) in [5, 5.41) is 0.0697. The van der Waals surface area contributed by atoms with Gasteiger partial charge in [-0.05, 0) is 24.3 Å². The SMILES string of the molecule is NC(=O)c1[c]c2ccc(C(F)(F)F)nc2n(-c2ccccc2)c1=O. The average molecular weight is 332 g/mol. The van der Waals surface area contributed by atoms with Crippen LogP contribution in [0.2, 0.25) is 0 Å². The highest BCUT2D eigenvalue weighted by atomic mass is 19.4. The molecule has 2 aromatic heterocycles. The van der Waals surface area contributed by atoms with Crippen LogP contribution in [-0.2, 0) is 6.18 Å². The van der Waals surface area contributed by atoms with Crippen molar-refractivity contribution < 1.29 is 18.0 Å². The Morgan fingerprint density at radius 2 is 1.79 bits per heavy atom. The van der Waals surface area contributed by atoms with E-state index in [0.29, 0.717) is 0 Å². The molecule has 0 saturated carbocycles. The maximum atomic E-state index is 12.9. The van der Waals surface area contributed by atoms with Crippen molar-refractivity contribution in [2.45, 2.75) is 6.18 Å². The standard InChI is InChI=1S/C16H9F3N3O2/c17-16(18,19)12-7-6-9-8-11(13(20)23)15(24)22(14(9)21-12)10-4-2-1-3-5-10/h1-7H,(H2,20,23). The molecule has 0 unspecified atom stereocenters. The Morgan fingerprint density at radius 1 is 1.12 bits per heavy atom. The highest BCUT2D eigenvalue weighted by molar-refractivity contribution is 5.95. The highest BCUT2D eigenvalue weighted by Crippen LogP contribution is 2.29. The van der Waals surface area contributed by atoms with Gasteiger partial charge >= 0.3 is 6.18 Å². The third kappa shape index (κ3) is 2.62. The molecule has 3 rings (SSSR count). The van der Waals surface area contributed by atoms with Crippen LogP contribution in [0.25, 0.3) is 16.7 Å². The van der Waals surface area contributed by atoms with Crippen molar-refractivity contribution in [2.75, 3.05) is 0 Å². The number of hydrogen-bond acceptors (Lipinski definition) is 3. The number of primary amides is 1. The third-order valence-corrected chi connectivity index (χ3v) is 3.31. The number of nitrogens with two attached hydrogens (primary N) is 1. The van der Waals surface area contributed by atoms with Gasteiger partial charge in [0.25, 0.3) is 11.5 Å². The molecule has 5 nitrogen and oxygen atoms in total. The van der Waals surface area contributed by atoms with Gasteiger partial charge in [-0.25, -0.2) is 4.98 Å². The van der Waals surface area contributed by atoms with Gasteiger partial charge in [0, 0.05) is 11.5 Å². The Bertz CT molecular complexity index is 995. The largest absolute Gasteiger partial charge is 0.433 e. The minimum Gasteiger partial charge on any atom is -0.365 e. The van der Waals surface area contributed by atoms with Crippen molar-refractivity contribution in [1.82, 2.24) is 9.55 Å². The number of fused-ring (bicyclic) bond motifs is 1. The van der Waals surface area contributed by atoms with E-state index in [2.05, 4.69) is 11.1 Å². The summed E-state index contributed by atoms with van der Waals surface area (Å²) < 4.78 is 39.7. The number of rotatable bonds is 2. The molecule has 2 heterocycles. The van der Waals surface area contributed by atoms with E-state index in [1.54, 1.807) is 18.2 Å². The number of alkyl halides is 3. The summed E-state index contributed by atoms with van der Waals surface area (Å²) in [4.78, 5) is 27.5. The molecule has 1 amide bonds. The molecule has 0 saturated heterocycles. The lowest BCUT2D eigenvalue weighted by Gasteiger charge is -2.13. The normalized spacial score (nSPS) is 11.6. The first-order valence-electron chi connectivity index (χ1n) is 6.70. The molecule has 0 atom stereocenters. The Balaban J connectivity index is 2.46. The zero-order chi connectivity index (χ0) is 17.5. The van der Waals surface area contributed by atoms with Crippen LogP contribution in [-0.4, -0.2) is 15.5 Å². The molecule has 0 aliphatic carbocycles. The summed E-state index contributed by atoms with van der Waals surface area (Å²) in [5.74, 6) is -1.02. The van der Waals surface area contributed by atoms with Crippen molar-refractivity contribution >= 4 is 16.9 Å². The van der Waals surface area contributed by atoms with Crippen LogP contribution in [0.15, 0.2) is 47.3 Å². The molecule has 3 aromatic rings. The molecule has 121 valence electrons. The number of carbonyl (C=O) groups is 1. The number of carbonyl (C=O) groups excluding carboxylic acids is 1. The number of amides is 1. The van der Waals surface area contributed by atoms with Gasteiger partial charge in [0.2, 0.25) is 0 Å². The van der Waals surface area contributed by atoms with Gasteiger partial charge in [-0.3, -0.25) is 14.2 Å². The Hall–Kier alpha value is -3.16. The zero-order valence-electron chi connectivity index (χ0n) is 12.0. The number of pyridine rings is 2. The Labute approximate surface area is 133 Å². The highest BCUT2D eigenvalue weighted by Gasteiger charge is 2.33. The second-order valence-corrected chi connectivity index (χ2v) is 4.91. The lowest BCUT2D eigenvalue weighted by Crippen LogP contribution is -2.29. The number of benzene rings is 1. The number of aromatic nitrogens is 2. The predicted molar refractivity (Wildman–Crippen MR) is 79.7 cm³/mol. The van der Waals surface area contributed by atoms with Crippen molar-refractivity contribution in [1.29, 1.82) is 0 Å². The number of halogens is 3. The molecule has 0 spiro atoms. The first-order chi connectivity index (χ1) is 11.3. The summed E-state index contributed by atoms with van der Waals surface area (Å²) >= 11 is 0. The number of hydrogen-bond donors (Lipinski definition) is 1. The second kappa shape index (κ2) is 5.48. The molecular weight excluding hydrogens is 323 g/mol. The van der Waals surface area contributed by atoms with Gasteiger partial charge in [-0.2, -0.15) is 13.2 Å². The molecule has 1 radical (unpaired) electrons. The van der Waals surface area contributed by atoms with E-state index in [1.165, 1.54) is 12.1 Å². The van der Waals surface area contributed by atoms with Crippen LogP contribution in [0.3, 0.4) is 0 Å². The summed E-state index contributed by atoms with van der Waals surface area (Å²) in [6.07, 6.45) is -4.67. The zero-order valence-corrected chi connectivity index (χ0v) is 12.0. The molecule has 1 aromatic carbocycles. The van der Waals surface area contributed by atoms with Gasteiger partial charge in [0.1, 0.15) is 16.9 Å². The van der Waals surface area contributed by atoms with Crippen molar-refractivity contribution in [3.05, 3.63) is 70.1 Å². The van der Waals surface area contributed by atoms with Gasteiger partial charge < -0.3 is 5.73 Å². The van der Waals surface area contributed by atoms with Gasteiger partial charge in [-0.1, -0.05) is 18.2 Å². The molecule has 0 fully saturated rings. The average Bonchev–Trinajstić information content (AvgIpc) is 2.53. The minimum absolute atomic E-state index is 0.0697. The van der Waals surface area contributed by atoms with E-state index in [1.807, 2.05) is 0 Å². The summed E-state index contributed by atoms with van der Waals surface area (Å²) in [6, 6.07) is 12.2. The number of nitrogens with zero attached hydrogens (tertiary/aromatic N) is 2. The fourth-order valence-corrected chi connectivity index (χ4v) is 2.25. The van der Waals surface area contributed by atoms with Crippen molar-refractivity contribution in [3.63, 3.8) is 0 Å². The van der Waals surface area contributed by atoms with Crippen LogP contribution >= 0.6 is 0 Å². The smallest absolute Gasteiger partial charge is 0.365 e. The van der Waals surface area contributed by atoms with E-state index in [0.717, 1.165) is 16.7 Å². The summed E-state index contributed by atoms with van der Waals surface area (Å²) in [6.45, 7) is 0. The van der Waals surface area contributed by atoms with Gasteiger partial charge in [0.15, 0.2) is 0 Å². The van der Waals surface area contributed by atoms with Crippen LogP contribution in [0.4, 0.5) is 13.2 Å². The molecule has 0 aliphatic heterocycles. The van der Waals surface area contributed by atoms with Gasteiger partial charge in [-0.15, -0.1) is 0 Å². The maximum Gasteiger partial charge on any atom is 0.433 e. The lowest BCUT2D eigenvalue weighted by atomic mass is 10.1. The van der Waals surface area contributed by atoms with Crippen LogP contribution in [0.1, 0.15) is 16.1 Å². The topological polar surface area (TPSA) is 78.0 Å². The fraction of sp³-hybridized carbons (Fsp3) is 0.0625. The van der Waals surface area contributed by atoms with E-state index < -0.39 is 28.9 Å². The summed E-state index contributed by atoms with van der Waals surface area (Å²) in [7, 11) is 0. The third-order valence-electron chi connectivity index (χ3n) is 3.31. The van der Waals surface area contributed by atoms with Crippen molar-refractivity contribution in [2.24, 2.45) is 5.73 Å². The Morgan fingerprint density at radius 3 is 2.38 bits per heavy atom. The van der Waals surface area contributed by atoms with Crippen molar-refractivity contribution in [3.8, 4) is 5.69 Å². The quantitative estimate of drug-likeness (QED) is 0.782. The van der Waals surface area contributed by atoms with Crippen LogP contribution in [0, 0.1) is 6.07 Å². The second-order valence-electron chi connectivity index (χ2n) is 4.91. The van der Waals surface area contributed by atoms with Crippen LogP contribution in [0.5, 0.6) is 0 Å². The monoisotopic (exact) mass is 332 g/mol. The Kier molecular flexibility index (Phi) is 3.59. The van der Waals surface area contributed by atoms with E-state index >= 15 is 0 Å². The molecule has 0 aliphatic rings. The first-order valence-corrected chi connectivity index (χ1v) is 6.70. The van der Waals surface area contributed by atoms with E-state index in [4.69, 9.17) is 5.73 Å². The lowest BCUT2D eigenvalue weighted by molar-refractivity contribution is -0.141. The first kappa shape index (κ1) is 15.7. The molecular formula is C16H9F3N3O2. The molecule has 8 heteroatoms. The fourth-order valence-electron chi connectivity index (χ4n) is 2.25. The van der Waals surface area contributed by atoms with Crippen LogP contribution < -0.4 is 11.3 Å². The number of para-hydroxylation sites is 1. The molecule has 2 N–H and O–H groups in total. The van der Waals surface area contributed by atoms with Gasteiger partial charge in [0.05, 0.1) is 5.69 Å². The van der Waals surface area contributed by atoms with E-state index in [9.17, 15) is 22.8 Å². The summed E-state index contributed by atoms with van der Waals surface area (Å²) in [5.41, 5.74) is 2.68. The molecule has 0 bridgehead atoms. The maximum absolute atomic E-state index is 12.9. The predicted octanol–water partition coefficient (Wildman–Crippen LogP) is 2.30. The minimum atomic E-state index is -4.67. The van der Waals surface area contributed by atoms with E-state index in [-0.39, 0.29) is 16.7 Å². The molecule has 24 heavy (non-hydrogen) atoms.